The molecule has 1 heterocycles. The van der Waals surface area contributed by atoms with Gasteiger partial charge in [-0.15, -0.1) is 0 Å². The quantitative estimate of drug-likeness (QED) is 0.735. The molecule has 0 aliphatic rings. The van der Waals surface area contributed by atoms with E-state index in [1.165, 1.54) is 6.07 Å². The van der Waals surface area contributed by atoms with Crippen molar-refractivity contribution < 1.29 is 4.39 Å². The van der Waals surface area contributed by atoms with Crippen molar-refractivity contribution >= 4 is 11.6 Å². The number of nitrogens with two attached hydrogens (primary N) is 1. The summed E-state index contributed by atoms with van der Waals surface area (Å²) >= 11 is 5.40. The van der Waals surface area contributed by atoms with Crippen LogP contribution in [0.3, 0.4) is 0 Å². The molecule has 12 heavy (non-hydrogen) atoms. The van der Waals surface area contributed by atoms with Gasteiger partial charge in [-0.3, -0.25) is 0 Å². The van der Waals surface area contributed by atoms with Crippen LogP contribution in [0.2, 0.25) is 5.15 Å². The van der Waals surface area contributed by atoms with Crippen molar-refractivity contribution in [3.05, 3.63) is 28.8 Å². The van der Waals surface area contributed by atoms with E-state index in [1.807, 2.05) is 0 Å². The van der Waals surface area contributed by atoms with Crippen LogP contribution in [0.15, 0.2) is 12.3 Å². The third-order valence-corrected chi connectivity index (χ3v) is 1.80. The zero-order valence-corrected chi connectivity index (χ0v) is 7.31. The number of pyridine rings is 1. The van der Waals surface area contributed by atoms with Gasteiger partial charge in [0.25, 0.3) is 0 Å². The monoisotopic (exact) mass is 188 g/mol. The maximum Gasteiger partial charge on any atom is 0.164 e. The first-order valence-corrected chi connectivity index (χ1v) is 4.12. The van der Waals surface area contributed by atoms with Crippen LogP contribution in [0.1, 0.15) is 12.0 Å². The lowest BCUT2D eigenvalue weighted by atomic mass is 10.1. The zero-order valence-electron chi connectivity index (χ0n) is 6.56. The van der Waals surface area contributed by atoms with Crippen LogP contribution in [0.4, 0.5) is 4.39 Å². The average Bonchev–Trinajstić information content (AvgIpc) is 2.07. The minimum atomic E-state index is -0.466. The van der Waals surface area contributed by atoms with Gasteiger partial charge in [0.2, 0.25) is 0 Å². The highest BCUT2D eigenvalue weighted by Gasteiger charge is 2.01. The van der Waals surface area contributed by atoms with Crippen molar-refractivity contribution in [2.45, 2.75) is 12.8 Å². The van der Waals surface area contributed by atoms with Gasteiger partial charge in [0.1, 0.15) is 0 Å². The molecular weight excluding hydrogens is 179 g/mol. The summed E-state index contributed by atoms with van der Waals surface area (Å²) in [5.74, 6) is -0.466. The number of hydrogen-bond acceptors (Lipinski definition) is 2. The van der Waals surface area contributed by atoms with Gasteiger partial charge in [0.05, 0.1) is 0 Å². The van der Waals surface area contributed by atoms with Gasteiger partial charge >= 0.3 is 0 Å². The molecule has 2 nitrogen and oxygen atoms in total. The molecule has 0 saturated carbocycles. The van der Waals surface area contributed by atoms with Gasteiger partial charge in [0, 0.05) is 6.20 Å². The molecule has 0 aliphatic heterocycles. The first-order valence-electron chi connectivity index (χ1n) is 3.74. The summed E-state index contributed by atoms with van der Waals surface area (Å²) in [7, 11) is 0. The molecular formula is C8H10ClFN2. The molecule has 2 N–H and O–H groups in total. The van der Waals surface area contributed by atoms with E-state index < -0.39 is 5.82 Å². The van der Waals surface area contributed by atoms with E-state index in [-0.39, 0.29) is 5.15 Å². The number of halogens is 2. The van der Waals surface area contributed by atoms with E-state index in [0.29, 0.717) is 6.54 Å². The molecule has 0 atom stereocenters. The van der Waals surface area contributed by atoms with Crippen LogP contribution < -0.4 is 5.73 Å². The highest BCUT2D eigenvalue weighted by Crippen LogP contribution is 2.12. The van der Waals surface area contributed by atoms with Gasteiger partial charge in [-0.05, 0) is 31.0 Å². The number of aryl methyl sites for hydroxylation is 1. The molecule has 1 rings (SSSR count). The second-order valence-corrected chi connectivity index (χ2v) is 2.87. The van der Waals surface area contributed by atoms with E-state index in [4.69, 9.17) is 17.3 Å². The smallest absolute Gasteiger partial charge is 0.164 e. The predicted octanol–water partition coefficient (Wildman–Crippen LogP) is 1.77. The van der Waals surface area contributed by atoms with Gasteiger partial charge < -0.3 is 5.73 Å². The van der Waals surface area contributed by atoms with Gasteiger partial charge in [0.15, 0.2) is 11.0 Å². The van der Waals surface area contributed by atoms with Crippen molar-refractivity contribution in [1.82, 2.24) is 4.98 Å². The first-order chi connectivity index (χ1) is 5.74. The molecule has 0 fully saturated rings. The third-order valence-electron chi connectivity index (χ3n) is 1.52. The molecule has 0 radical (unpaired) electrons. The maximum atomic E-state index is 12.8. The average molecular weight is 189 g/mol. The normalized spacial score (nSPS) is 10.2. The Kier molecular flexibility index (Phi) is 3.44. The topological polar surface area (TPSA) is 38.9 Å². The van der Waals surface area contributed by atoms with Gasteiger partial charge in [-0.1, -0.05) is 11.6 Å². The van der Waals surface area contributed by atoms with Crippen molar-refractivity contribution in [1.29, 1.82) is 0 Å². The molecule has 0 amide bonds. The fourth-order valence-electron chi connectivity index (χ4n) is 0.904. The Labute approximate surface area is 75.6 Å². The summed E-state index contributed by atoms with van der Waals surface area (Å²) in [6.45, 7) is 0.601. The lowest BCUT2D eigenvalue weighted by molar-refractivity contribution is 0.618. The van der Waals surface area contributed by atoms with Crippen LogP contribution in [0, 0.1) is 5.82 Å². The molecule has 1 aromatic rings. The SMILES string of the molecule is NCCCc1cnc(Cl)c(F)c1. The molecule has 66 valence electrons. The Hall–Kier alpha value is -0.670. The van der Waals surface area contributed by atoms with Crippen LogP contribution in [-0.4, -0.2) is 11.5 Å². The summed E-state index contributed by atoms with van der Waals surface area (Å²) in [5.41, 5.74) is 6.14. The molecule has 0 spiro atoms. The Morgan fingerprint density at radius 3 is 2.92 bits per heavy atom. The van der Waals surface area contributed by atoms with Gasteiger partial charge in [-0.25, -0.2) is 9.37 Å². The number of aromatic nitrogens is 1. The first kappa shape index (κ1) is 9.42. The Morgan fingerprint density at radius 2 is 2.33 bits per heavy atom. The van der Waals surface area contributed by atoms with Crippen molar-refractivity contribution in [2.75, 3.05) is 6.54 Å². The highest BCUT2D eigenvalue weighted by atomic mass is 35.5. The van der Waals surface area contributed by atoms with Crippen molar-refractivity contribution in [3.8, 4) is 0 Å². The van der Waals surface area contributed by atoms with Gasteiger partial charge in [-0.2, -0.15) is 0 Å². The van der Waals surface area contributed by atoms with Crippen LogP contribution in [0.25, 0.3) is 0 Å². The lowest BCUT2D eigenvalue weighted by Gasteiger charge is -1.99. The van der Waals surface area contributed by atoms with E-state index in [9.17, 15) is 4.39 Å². The predicted molar refractivity (Wildman–Crippen MR) is 46.6 cm³/mol. The Bertz CT molecular complexity index is 265. The Morgan fingerprint density at radius 1 is 1.58 bits per heavy atom. The molecule has 0 unspecified atom stereocenters. The second kappa shape index (κ2) is 4.38. The van der Waals surface area contributed by atoms with Crippen LogP contribution in [-0.2, 0) is 6.42 Å². The summed E-state index contributed by atoms with van der Waals surface area (Å²) in [6.07, 6.45) is 3.15. The number of hydrogen-bond donors (Lipinski definition) is 1. The minimum absolute atomic E-state index is 0.0773. The molecule has 0 aromatic carbocycles. The fourth-order valence-corrected chi connectivity index (χ4v) is 1.01. The van der Waals surface area contributed by atoms with E-state index in [0.717, 1.165) is 18.4 Å². The van der Waals surface area contributed by atoms with Crippen LogP contribution >= 0.6 is 11.6 Å². The summed E-state index contributed by atoms with van der Waals surface area (Å²) in [6, 6.07) is 1.39. The fraction of sp³-hybridized carbons (Fsp3) is 0.375. The number of nitrogens with zero attached hydrogens (tertiary/aromatic N) is 1. The van der Waals surface area contributed by atoms with E-state index in [2.05, 4.69) is 4.98 Å². The third kappa shape index (κ3) is 2.43. The highest BCUT2D eigenvalue weighted by molar-refractivity contribution is 6.29. The summed E-state index contributed by atoms with van der Waals surface area (Å²) in [5, 5.41) is -0.0773. The van der Waals surface area contributed by atoms with Crippen LogP contribution in [0.5, 0.6) is 0 Å². The molecule has 4 heteroatoms. The summed E-state index contributed by atoms with van der Waals surface area (Å²) in [4.78, 5) is 3.68. The molecule has 0 aliphatic carbocycles. The van der Waals surface area contributed by atoms with E-state index >= 15 is 0 Å². The standard InChI is InChI=1S/C8H10ClFN2/c9-8-7(10)4-6(5-12-8)2-1-3-11/h4-5H,1-3,11H2. The molecule has 1 aromatic heterocycles. The van der Waals surface area contributed by atoms with Crippen molar-refractivity contribution in [2.24, 2.45) is 5.73 Å². The minimum Gasteiger partial charge on any atom is -0.330 e. The molecule has 0 bridgehead atoms. The summed E-state index contributed by atoms with van der Waals surface area (Å²) < 4.78 is 12.8. The number of rotatable bonds is 3. The van der Waals surface area contributed by atoms with Crippen molar-refractivity contribution in [3.63, 3.8) is 0 Å². The zero-order chi connectivity index (χ0) is 8.97. The second-order valence-electron chi connectivity index (χ2n) is 2.51. The van der Waals surface area contributed by atoms with E-state index in [1.54, 1.807) is 6.20 Å². The maximum absolute atomic E-state index is 12.8. The molecule has 0 saturated heterocycles. The largest absolute Gasteiger partial charge is 0.330 e. The lowest BCUT2D eigenvalue weighted by Crippen LogP contribution is -2.00. The Balaban J connectivity index is 2.69.